The third kappa shape index (κ3) is 3.21. The minimum atomic E-state index is -0.599. The van der Waals surface area contributed by atoms with Crippen LogP contribution < -0.4 is 0 Å². The first-order valence-corrected chi connectivity index (χ1v) is 9.36. The third-order valence-corrected chi connectivity index (χ3v) is 5.71. The number of hydrogen-bond acceptors (Lipinski definition) is 5. The van der Waals surface area contributed by atoms with Crippen LogP contribution in [0.25, 0.3) is 0 Å². The van der Waals surface area contributed by atoms with E-state index in [0.29, 0.717) is 30.2 Å². The summed E-state index contributed by atoms with van der Waals surface area (Å²) in [4.78, 5) is 15.2. The first-order chi connectivity index (χ1) is 12.1. The average molecular weight is 345 g/mol. The number of morpholine rings is 1. The van der Waals surface area contributed by atoms with Gasteiger partial charge in [0.25, 0.3) is 0 Å². The number of rotatable bonds is 6. The van der Waals surface area contributed by atoms with Crippen molar-refractivity contribution < 1.29 is 19.4 Å². The molecule has 0 radical (unpaired) electrons. The van der Waals surface area contributed by atoms with Crippen molar-refractivity contribution in [2.45, 2.75) is 63.0 Å². The van der Waals surface area contributed by atoms with Crippen LogP contribution in [0.3, 0.4) is 0 Å². The van der Waals surface area contributed by atoms with Crippen LogP contribution in [0.1, 0.15) is 38.2 Å². The van der Waals surface area contributed by atoms with Crippen molar-refractivity contribution in [3.05, 3.63) is 35.9 Å². The highest BCUT2D eigenvalue weighted by atomic mass is 16.6. The summed E-state index contributed by atoms with van der Waals surface area (Å²) in [5, 5.41) is 9.66. The lowest BCUT2D eigenvalue weighted by Gasteiger charge is -2.41. The number of ether oxygens (including phenoxy) is 2. The SMILES string of the molecule is CC(C)CN1C2CC(OC(=O)C(CO)c3ccccc3)CC1C1OC12. The van der Waals surface area contributed by atoms with Gasteiger partial charge < -0.3 is 14.6 Å². The van der Waals surface area contributed by atoms with Crippen LogP contribution in [-0.2, 0) is 14.3 Å². The van der Waals surface area contributed by atoms with E-state index < -0.39 is 5.92 Å². The maximum absolute atomic E-state index is 12.6. The van der Waals surface area contributed by atoms with Crippen LogP contribution >= 0.6 is 0 Å². The largest absolute Gasteiger partial charge is 0.462 e. The monoisotopic (exact) mass is 345 g/mol. The molecule has 0 aliphatic carbocycles. The smallest absolute Gasteiger partial charge is 0.316 e. The average Bonchev–Trinajstić information content (AvgIpc) is 3.34. The van der Waals surface area contributed by atoms with Gasteiger partial charge in [-0.1, -0.05) is 44.2 Å². The molecule has 5 heteroatoms. The maximum Gasteiger partial charge on any atom is 0.316 e. The normalized spacial score (nSPS) is 34.6. The molecule has 25 heavy (non-hydrogen) atoms. The van der Waals surface area contributed by atoms with Crippen LogP contribution in [0.4, 0.5) is 0 Å². The number of nitrogens with zero attached hydrogens (tertiary/aromatic N) is 1. The Morgan fingerprint density at radius 1 is 1.24 bits per heavy atom. The summed E-state index contributed by atoms with van der Waals surface area (Å²) in [6, 6.07) is 10.1. The molecule has 3 fully saturated rings. The highest BCUT2D eigenvalue weighted by Gasteiger charge is 2.63. The Labute approximate surface area is 148 Å². The Balaban J connectivity index is 1.40. The Hall–Kier alpha value is -1.43. The van der Waals surface area contributed by atoms with Gasteiger partial charge >= 0.3 is 5.97 Å². The van der Waals surface area contributed by atoms with Gasteiger partial charge in [0.15, 0.2) is 0 Å². The van der Waals surface area contributed by atoms with Gasteiger partial charge in [0.05, 0.1) is 6.61 Å². The molecule has 3 heterocycles. The number of hydrogen-bond donors (Lipinski definition) is 1. The lowest BCUT2D eigenvalue weighted by Crippen LogP contribution is -2.51. The van der Waals surface area contributed by atoms with Crippen molar-refractivity contribution in [2.24, 2.45) is 5.92 Å². The Kier molecular flexibility index (Phi) is 4.56. The van der Waals surface area contributed by atoms with E-state index in [-0.39, 0.29) is 18.7 Å². The zero-order valence-corrected chi connectivity index (χ0v) is 14.9. The van der Waals surface area contributed by atoms with Gasteiger partial charge in [-0.05, 0) is 11.5 Å². The Morgan fingerprint density at radius 2 is 1.88 bits per heavy atom. The van der Waals surface area contributed by atoms with Crippen LogP contribution in [0.5, 0.6) is 0 Å². The van der Waals surface area contributed by atoms with E-state index in [1.807, 2.05) is 30.3 Å². The molecule has 3 saturated heterocycles. The molecule has 1 aromatic rings. The second-order valence-electron chi connectivity index (χ2n) is 7.97. The van der Waals surface area contributed by atoms with Gasteiger partial charge in [-0.2, -0.15) is 0 Å². The number of aliphatic hydroxyl groups is 1. The molecule has 1 aromatic carbocycles. The van der Waals surface area contributed by atoms with Gasteiger partial charge in [0, 0.05) is 31.5 Å². The number of esters is 1. The zero-order chi connectivity index (χ0) is 17.6. The predicted molar refractivity (Wildman–Crippen MR) is 93.2 cm³/mol. The fourth-order valence-corrected chi connectivity index (χ4v) is 4.59. The number of aliphatic hydroxyl groups excluding tert-OH is 1. The number of carbonyl (C=O) groups is 1. The summed E-state index contributed by atoms with van der Waals surface area (Å²) >= 11 is 0. The van der Waals surface area contributed by atoms with E-state index in [9.17, 15) is 9.90 Å². The molecule has 0 spiro atoms. The quantitative estimate of drug-likeness (QED) is 0.631. The van der Waals surface area contributed by atoms with E-state index in [2.05, 4.69) is 18.7 Å². The van der Waals surface area contributed by atoms with Crippen LogP contribution in [0, 0.1) is 5.92 Å². The molecule has 1 N–H and O–H groups in total. The third-order valence-electron chi connectivity index (χ3n) is 5.71. The number of carbonyl (C=O) groups excluding carboxylic acids is 1. The van der Waals surface area contributed by atoms with Gasteiger partial charge in [-0.25, -0.2) is 0 Å². The van der Waals surface area contributed by atoms with Gasteiger partial charge in [0.2, 0.25) is 0 Å². The van der Waals surface area contributed by atoms with Gasteiger partial charge in [-0.15, -0.1) is 0 Å². The number of piperidine rings is 1. The fraction of sp³-hybridized carbons (Fsp3) is 0.650. The molecule has 5 unspecified atom stereocenters. The molecule has 3 aliphatic heterocycles. The molecular weight excluding hydrogens is 318 g/mol. The number of benzene rings is 1. The van der Waals surface area contributed by atoms with Crippen molar-refractivity contribution in [1.82, 2.24) is 4.90 Å². The molecule has 136 valence electrons. The molecule has 4 rings (SSSR count). The van der Waals surface area contributed by atoms with Crippen molar-refractivity contribution in [2.75, 3.05) is 13.2 Å². The minimum absolute atomic E-state index is 0.0694. The highest BCUT2D eigenvalue weighted by Crippen LogP contribution is 2.49. The van der Waals surface area contributed by atoms with Crippen molar-refractivity contribution in [1.29, 1.82) is 0 Å². The summed E-state index contributed by atoms with van der Waals surface area (Å²) in [5.41, 5.74) is 0.807. The van der Waals surface area contributed by atoms with Crippen molar-refractivity contribution in [3.8, 4) is 0 Å². The lowest BCUT2D eigenvalue weighted by atomic mass is 9.96. The molecule has 0 saturated carbocycles. The number of fused-ring (bicyclic) bond motifs is 5. The van der Waals surface area contributed by atoms with Gasteiger partial charge in [0.1, 0.15) is 24.2 Å². The molecule has 2 bridgehead atoms. The second kappa shape index (κ2) is 6.71. The van der Waals surface area contributed by atoms with Gasteiger partial charge in [-0.3, -0.25) is 9.69 Å². The van der Waals surface area contributed by atoms with E-state index in [0.717, 1.165) is 24.9 Å². The molecule has 0 aromatic heterocycles. The molecule has 0 amide bonds. The summed E-state index contributed by atoms with van der Waals surface area (Å²) in [6.45, 7) is 5.33. The summed E-state index contributed by atoms with van der Waals surface area (Å²) in [7, 11) is 0. The standard InChI is InChI=1S/C20H27NO4/c1-12(2)10-21-16-8-14(9-17(21)19-18(16)25-19)24-20(23)15(11-22)13-6-4-3-5-7-13/h3-7,12,14-19,22H,8-11H2,1-2H3. The maximum atomic E-state index is 12.6. The van der Waals surface area contributed by atoms with Crippen molar-refractivity contribution in [3.63, 3.8) is 0 Å². The van der Waals surface area contributed by atoms with E-state index >= 15 is 0 Å². The van der Waals surface area contributed by atoms with E-state index in [1.54, 1.807) is 0 Å². The van der Waals surface area contributed by atoms with E-state index in [1.165, 1.54) is 0 Å². The number of epoxide rings is 1. The molecular formula is C20H27NO4. The van der Waals surface area contributed by atoms with Crippen LogP contribution in [-0.4, -0.2) is 59.5 Å². The lowest BCUT2D eigenvalue weighted by molar-refractivity contribution is -0.157. The molecule has 5 nitrogen and oxygen atoms in total. The van der Waals surface area contributed by atoms with Crippen molar-refractivity contribution >= 4 is 5.97 Å². The fourth-order valence-electron chi connectivity index (χ4n) is 4.59. The summed E-state index contributed by atoms with van der Waals surface area (Å²) in [6.07, 6.45) is 2.26. The summed E-state index contributed by atoms with van der Waals surface area (Å²) < 4.78 is 11.6. The van der Waals surface area contributed by atoms with E-state index in [4.69, 9.17) is 9.47 Å². The minimum Gasteiger partial charge on any atom is -0.462 e. The first kappa shape index (κ1) is 17.0. The van der Waals surface area contributed by atoms with Crippen LogP contribution in [0.2, 0.25) is 0 Å². The summed E-state index contributed by atoms with van der Waals surface area (Å²) in [5.74, 6) is -0.290. The molecule has 3 aliphatic rings. The Morgan fingerprint density at radius 3 is 2.44 bits per heavy atom. The topological polar surface area (TPSA) is 62.3 Å². The Bertz CT molecular complexity index is 601. The highest BCUT2D eigenvalue weighted by molar-refractivity contribution is 5.78. The zero-order valence-electron chi connectivity index (χ0n) is 14.9. The van der Waals surface area contributed by atoms with Crippen LogP contribution in [0.15, 0.2) is 30.3 Å². The molecule has 5 atom stereocenters. The first-order valence-electron chi connectivity index (χ1n) is 9.36. The predicted octanol–water partition coefficient (Wildman–Crippen LogP) is 1.94. The second-order valence-corrected chi connectivity index (χ2v) is 7.97.